The summed E-state index contributed by atoms with van der Waals surface area (Å²) < 4.78 is 6.22. The van der Waals surface area contributed by atoms with E-state index >= 15 is 0 Å². The number of amides is 2. The van der Waals surface area contributed by atoms with E-state index < -0.39 is 0 Å². The molecule has 0 heterocycles. The van der Waals surface area contributed by atoms with Crippen LogP contribution in [0.3, 0.4) is 0 Å². The van der Waals surface area contributed by atoms with Crippen LogP contribution in [0.4, 0.5) is 10.5 Å². The Balaban J connectivity index is 0.000000638. The molecule has 186 valence electrons. The highest BCUT2D eigenvalue weighted by molar-refractivity contribution is 9.10. The molecule has 0 fully saturated rings. The van der Waals surface area contributed by atoms with Crippen LogP contribution in [0.2, 0.25) is 0 Å². The molecule has 5 heteroatoms. The maximum Gasteiger partial charge on any atom is 0.321 e. The van der Waals surface area contributed by atoms with Gasteiger partial charge in [-0.2, -0.15) is 0 Å². The summed E-state index contributed by atoms with van der Waals surface area (Å²) in [7, 11) is 3.45. The molecule has 0 aliphatic rings. The van der Waals surface area contributed by atoms with Gasteiger partial charge in [0, 0.05) is 23.8 Å². The Bertz CT molecular complexity index is 704. The van der Waals surface area contributed by atoms with Crippen LogP contribution >= 0.6 is 15.9 Å². The van der Waals surface area contributed by atoms with Gasteiger partial charge in [0.15, 0.2) is 0 Å². The molecule has 2 aromatic carbocycles. The Morgan fingerprint density at radius 1 is 0.970 bits per heavy atom. The van der Waals surface area contributed by atoms with Gasteiger partial charge in [0.1, 0.15) is 5.75 Å². The first-order chi connectivity index (χ1) is 15.9. The molecular weight excluding hydrogens is 476 g/mol. The zero-order valence-electron chi connectivity index (χ0n) is 21.6. The molecule has 2 aromatic rings. The SMILES string of the molecule is Brc1ccccc1.CCC(C)CCCN(C)C(=O)Nc1ccc(OC)cc1.CCCCCC. The first kappa shape index (κ1) is 31.0. The van der Waals surface area contributed by atoms with Gasteiger partial charge >= 0.3 is 6.03 Å². The van der Waals surface area contributed by atoms with Crippen molar-refractivity contribution in [3.63, 3.8) is 0 Å². The van der Waals surface area contributed by atoms with Gasteiger partial charge in [-0.05, 0) is 55.2 Å². The highest BCUT2D eigenvalue weighted by Crippen LogP contribution is 2.15. The Morgan fingerprint density at radius 2 is 1.55 bits per heavy atom. The van der Waals surface area contributed by atoms with Crippen molar-refractivity contribution in [2.24, 2.45) is 5.92 Å². The Labute approximate surface area is 211 Å². The number of halogens is 1. The van der Waals surface area contributed by atoms with Crippen LogP contribution in [0.15, 0.2) is 59.1 Å². The number of urea groups is 1. The lowest BCUT2D eigenvalue weighted by atomic mass is 10.0. The molecule has 1 atom stereocenters. The van der Waals surface area contributed by atoms with Crippen LogP contribution in [0.5, 0.6) is 5.75 Å². The fourth-order valence-corrected chi connectivity index (χ4v) is 3.10. The third-order valence-electron chi connectivity index (χ3n) is 5.27. The summed E-state index contributed by atoms with van der Waals surface area (Å²) in [6, 6.07) is 17.2. The van der Waals surface area contributed by atoms with Crippen molar-refractivity contribution < 1.29 is 9.53 Å². The van der Waals surface area contributed by atoms with Crippen LogP contribution in [-0.4, -0.2) is 31.6 Å². The van der Waals surface area contributed by atoms with Crippen molar-refractivity contribution in [2.45, 2.75) is 72.6 Å². The van der Waals surface area contributed by atoms with E-state index in [9.17, 15) is 4.79 Å². The molecule has 0 spiro atoms. The lowest BCUT2D eigenvalue weighted by molar-refractivity contribution is 0.220. The lowest BCUT2D eigenvalue weighted by Gasteiger charge is -2.19. The van der Waals surface area contributed by atoms with Crippen LogP contribution in [-0.2, 0) is 0 Å². The molecule has 1 N–H and O–H groups in total. The van der Waals surface area contributed by atoms with Gasteiger partial charge in [-0.1, -0.05) is 93.9 Å². The van der Waals surface area contributed by atoms with Crippen molar-refractivity contribution >= 4 is 27.6 Å². The molecule has 2 amide bonds. The highest BCUT2D eigenvalue weighted by Gasteiger charge is 2.09. The summed E-state index contributed by atoms with van der Waals surface area (Å²) in [6.07, 6.45) is 8.94. The number of carbonyl (C=O) groups excluding carboxylic acids is 1. The topological polar surface area (TPSA) is 41.6 Å². The summed E-state index contributed by atoms with van der Waals surface area (Å²) in [6.45, 7) is 9.69. The molecule has 0 aromatic heterocycles. The van der Waals surface area contributed by atoms with Crippen molar-refractivity contribution in [3.05, 3.63) is 59.1 Å². The number of rotatable bonds is 10. The molecule has 1 unspecified atom stereocenters. The molecule has 0 saturated heterocycles. The Morgan fingerprint density at radius 3 is 1.97 bits per heavy atom. The zero-order valence-corrected chi connectivity index (χ0v) is 23.2. The molecule has 0 aliphatic heterocycles. The van der Waals surface area contributed by atoms with E-state index in [0.717, 1.165) is 41.2 Å². The summed E-state index contributed by atoms with van der Waals surface area (Å²) in [4.78, 5) is 13.7. The average Bonchev–Trinajstić information content (AvgIpc) is 2.84. The number of nitrogens with one attached hydrogen (secondary N) is 1. The van der Waals surface area contributed by atoms with Gasteiger partial charge in [-0.25, -0.2) is 4.79 Å². The first-order valence-corrected chi connectivity index (χ1v) is 13.0. The van der Waals surface area contributed by atoms with Crippen molar-refractivity contribution in [2.75, 3.05) is 26.0 Å². The number of unbranched alkanes of at least 4 members (excludes halogenated alkanes) is 3. The van der Waals surface area contributed by atoms with E-state index in [4.69, 9.17) is 4.74 Å². The fraction of sp³-hybridized carbons (Fsp3) is 0.536. The maximum atomic E-state index is 12.0. The van der Waals surface area contributed by atoms with Crippen LogP contribution in [0.25, 0.3) is 0 Å². The predicted molar refractivity (Wildman–Crippen MR) is 147 cm³/mol. The molecule has 0 saturated carbocycles. The standard InChI is InChI=1S/C16H26N2O2.C6H5Br.C6H14/c1-5-13(2)7-6-12-18(3)16(19)17-14-8-10-15(20-4)11-9-14;7-6-4-2-1-3-5-6;1-3-5-6-4-2/h8-11,13H,5-7,12H2,1-4H3,(H,17,19);1-5H;3-6H2,1-2H3. The van der Waals surface area contributed by atoms with E-state index in [-0.39, 0.29) is 6.03 Å². The molecule has 0 radical (unpaired) electrons. The normalized spacial score (nSPS) is 10.6. The summed E-state index contributed by atoms with van der Waals surface area (Å²) in [5.74, 6) is 1.51. The van der Waals surface area contributed by atoms with Crippen LogP contribution in [0.1, 0.15) is 72.6 Å². The van der Waals surface area contributed by atoms with E-state index in [1.165, 1.54) is 32.1 Å². The second-order valence-corrected chi connectivity index (χ2v) is 9.15. The van der Waals surface area contributed by atoms with Gasteiger partial charge in [-0.3, -0.25) is 0 Å². The van der Waals surface area contributed by atoms with Gasteiger partial charge < -0.3 is 15.0 Å². The quantitative estimate of drug-likeness (QED) is 0.317. The largest absolute Gasteiger partial charge is 0.497 e. The van der Waals surface area contributed by atoms with Crippen LogP contribution in [0, 0.1) is 5.92 Å². The minimum atomic E-state index is -0.0701. The maximum absolute atomic E-state index is 12.0. The molecule has 2 rings (SSSR count). The summed E-state index contributed by atoms with van der Waals surface area (Å²) in [5, 5.41) is 2.88. The van der Waals surface area contributed by atoms with Gasteiger partial charge in [0.05, 0.1) is 7.11 Å². The van der Waals surface area contributed by atoms with Gasteiger partial charge in [-0.15, -0.1) is 0 Å². The number of hydrogen-bond acceptors (Lipinski definition) is 2. The summed E-state index contributed by atoms with van der Waals surface area (Å²) in [5.41, 5.74) is 0.782. The van der Waals surface area contributed by atoms with Crippen LogP contribution < -0.4 is 10.1 Å². The number of benzene rings is 2. The number of carbonyl (C=O) groups is 1. The number of methoxy groups -OCH3 is 1. The van der Waals surface area contributed by atoms with E-state index in [2.05, 4.69) is 48.9 Å². The minimum Gasteiger partial charge on any atom is -0.497 e. The van der Waals surface area contributed by atoms with Crippen molar-refractivity contribution in [1.82, 2.24) is 4.90 Å². The second-order valence-electron chi connectivity index (χ2n) is 8.24. The molecule has 0 aliphatic carbocycles. The fourth-order valence-electron chi connectivity index (χ4n) is 2.79. The van der Waals surface area contributed by atoms with E-state index in [1.807, 2.05) is 61.6 Å². The third-order valence-corrected chi connectivity index (χ3v) is 5.79. The van der Waals surface area contributed by atoms with E-state index in [1.54, 1.807) is 12.0 Å². The van der Waals surface area contributed by atoms with Crippen molar-refractivity contribution in [1.29, 1.82) is 0 Å². The molecular formula is C28H45BrN2O2. The van der Waals surface area contributed by atoms with Gasteiger partial charge in [0.25, 0.3) is 0 Å². The third kappa shape index (κ3) is 17.2. The first-order valence-electron chi connectivity index (χ1n) is 12.2. The molecule has 33 heavy (non-hydrogen) atoms. The smallest absolute Gasteiger partial charge is 0.321 e. The van der Waals surface area contributed by atoms with Gasteiger partial charge in [0.2, 0.25) is 0 Å². The molecule has 0 bridgehead atoms. The molecule has 4 nitrogen and oxygen atoms in total. The Kier molecular flexibility index (Phi) is 19.3. The minimum absolute atomic E-state index is 0.0701. The number of ether oxygens (including phenoxy) is 1. The lowest BCUT2D eigenvalue weighted by Crippen LogP contribution is -2.32. The predicted octanol–water partition coefficient (Wildman–Crippen LogP) is 9.02. The van der Waals surface area contributed by atoms with E-state index in [0.29, 0.717) is 0 Å². The monoisotopic (exact) mass is 520 g/mol. The highest BCUT2D eigenvalue weighted by atomic mass is 79.9. The zero-order chi connectivity index (χ0) is 24.9. The average molecular weight is 522 g/mol. The summed E-state index contributed by atoms with van der Waals surface area (Å²) >= 11 is 3.31. The number of anilines is 1. The Hall–Kier alpha value is -2.01. The number of nitrogens with zero attached hydrogens (tertiary/aromatic N) is 1. The van der Waals surface area contributed by atoms with Crippen molar-refractivity contribution in [3.8, 4) is 5.75 Å². The number of hydrogen-bond donors (Lipinski definition) is 1. The second kappa shape index (κ2) is 20.6.